The first-order chi connectivity index (χ1) is 14.4. The minimum atomic E-state index is -1.39. The lowest BCUT2D eigenvalue weighted by molar-refractivity contribution is -0.111. The van der Waals surface area contributed by atoms with Crippen LogP contribution in [0.4, 0.5) is 14.4 Å². The maximum absolute atomic E-state index is 12.3. The van der Waals surface area contributed by atoms with E-state index in [9.17, 15) is 24.6 Å². The molecule has 1 aliphatic heterocycles. The smallest absolute Gasteiger partial charge is 0.410 e. The fraction of sp³-hybridized carbons (Fsp3) is 0.650. The summed E-state index contributed by atoms with van der Waals surface area (Å²) in [4.78, 5) is 38.3. The molecule has 1 fully saturated rings. The number of alkyl carbamates (subject to hydrolysis) is 1. The number of nitrogens with zero attached hydrogens (tertiary/aromatic N) is 2. The Morgan fingerprint density at radius 2 is 1.77 bits per heavy atom. The van der Waals surface area contributed by atoms with Gasteiger partial charge in [0.25, 0.3) is 0 Å². The molecule has 0 aromatic heterocycles. The number of nitrogens with one attached hydrogen (secondary N) is 1. The predicted octanol–water partition coefficient (Wildman–Crippen LogP) is 0.866. The molecule has 1 atom stereocenters. The zero-order valence-corrected chi connectivity index (χ0v) is 18.3. The largest absolute Gasteiger partial charge is 0.445 e. The molecule has 1 heterocycles. The van der Waals surface area contributed by atoms with Gasteiger partial charge >= 0.3 is 18.3 Å². The molecule has 11 nitrogen and oxygen atoms in total. The van der Waals surface area contributed by atoms with Crippen LogP contribution in [0.5, 0.6) is 0 Å². The predicted molar refractivity (Wildman–Crippen MR) is 111 cm³/mol. The molecular formula is C20H33N3O8. The average Bonchev–Trinajstić information content (AvgIpc) is 2.64. The van der Waals surface area contributed by atoms with E-state index >= 15 is 0 Å². The molecular weight excluding hydrogens is 410 g/mol. The highest BCUT2D eigenvalue weighted by Gasteiger charge is 2.47. The van der Waals surface area contributed by atoms with Crippen LogP contribution in [0.1, 0.15) is 20.8 Å². The first-order valence-corrected chi connectivity index (χ1v) is 9.81. The van der Waals surface area contributed by atoms with Crippen molar-refractivity contribution < 1.29 is 38.8 Å². The Morgan fingerprint density at radius 3 is 2.32 bits per heavy atom. The summed E-state index contributed by atoms with van der Waals surface area (Å²) in [5.41, 5.74) is -2.06. The van der Waals surface area contributed by atoms with Gasteiger partial charge in [-0.15, -0.1) is 0 Å². The molecule has 0 bridgehead atoms. The van der Waals surface area contributed by atoms with Crippen molar-refractivity contribution in [3.05, 3.63) is 25.3 Å². The molecule has 11 heteroatoms. The van der Waals surface area contributed by atoms with Gasteiger partial charge < -0.3 is 39.5 Å². The fourth-order valence-electron chi connectivity index (χ4n) is 2.71. The van der Waals surface area contributed by atoms with Gasteiger partial charge in [-0.2, -0.15) is 0 Å². The van der Waals surface area contributed by atoms with Gasteiger partial charge in [0, 0.05) is 6.54 Å². The lowest BCUT2D eigenvalue weighted by Crippen LogP contribution is -2.68. The van der Waals surface area contributed by atoms with Gasteiger partial charge in [0.15, 0.2) is 0 Å². The van der Waals surface area contributed by atoms with E-state index in [0.717, 1.165) is 4.90 Å². The zero-order chi connectivity index (χ0) is 23.7. The van der Waals surface area contributed by atoms with E-state index in [-0.39, 0.29) is 45.9 Å². The van der Waals surface area contributed by atoms with Crippen molar-refractivity contribution in [3.8, 4) is 0 Å². The molecule has 0 spiro atoms. The van der Waals surface area contributed by atoms with E-state index < -0.39 is 35.6 Å². The fourth-order valence-corrected chi connectivity index (χ4v) is 2.71. The van der Waals surface area contributed by atoms with E-state index in [4.69, 9.17) is 14.2 Å². The van der Waals surface area contributed by atoms with Crippen LogP contribution in [-0.4, -0.2) is 102 Å². The van der Waals surface area contributed by atoms with Crippen LogP contribution in [0.3, 0.4) is 0 Å². The lowest BCUT2D eigenvalue weighted by atomic mass is 9.94. The molecule has 1 unspecified atom stereocenters. The quantitative estimate of drug-likeness (QED) is 0.334. The summed E-state index contributed by atoms with van der Waals surface area (Å²) < 4.78 is 15.0. The van der Waals surface area contributed by atoms with Gasteiger partial charge in [-0.3, -0.25) is 0 Å². The van der Waals surface area contributed by atoms with E-state index in [1.54, 1.807) is 20.8 Å². The molecule has 0 aliphatic carbocycles. The summed E-state index contributed by atoms with van der Waals surface area (Å²) in [6.07, 6.45) is -0.472. The van der Waals surface area contributed by atoms with Crippen LogP contribution in [0, 0.1) is 0 Å². The first-order valence-electron chi connectivity index (χ1n) is 9.81. The Balaban J connectivity index is 2.65. The number of amides is 3. The highest BCUT2D eigenvalue weighted by molar-refractivity contribution is 5.70. The monoisotopic (exact) mass is 443 g/mol. The molecule has 0 radical (unpaired) electrons. The molecule has 1 aliphatic rings. The molecule has 31 heavy (non-hydrogen) atoms. The van der Waals surface area contributed by atoms with Crippen LogP contribution < -0.4 is 5.32 Å². The van der Waals surface area contributed by atoms with Crippen molar-refractivity contribution in [2.24, 2.45) is 0 Å². The van der Waals surface area contributed by atoms with Crippen LogP contribution in [0.2, 0.25) is 0 Å². The van der Waals surface area contributed by atoms with Gasteiger partial charge in [0.2, 0.25) is 0 Å². The second kappa shape index (κ2) is 11.6. The lowest BCUT2D eigenvalue weighted by Gasteiger charge is -2.48. The molecule has 0 saturated carbocycles. The molecule has 0 aromatic carbocycles. The number of hydrogen-bond donors (Lipinski definition) is 3. The van der Waals surface area contributed by atoms with E-state index in [2.05, 4.69) is 18.5 Å². The van der Waals surface area contributed by atoms with Gasteiger partial charge in [0.1, 0.15) is 24.4 Å². The number of carbonyl (C=O) groups excluding carboxylic acids is 3. The highest BCUT2D eigenvalue weighted by atomic mass is 16.6. The van der Waals surface area contributed by atoms with Crippen molar-refractivity contribution in [1.29, 1.82) is 0 Å². The van der Waals surface area contributed by atoms with Crippen molar-refractivity contribution in [2.45, 2.75) is 38.1 Å². The van der Waals surface area contributed by atoms with Crippen molar-refractivity contribution in [1.82, 2.24) is 15.1 Å². The van der Waals surface area contributed by atoms with Crippen LogP contribution in [0.15, 0.2) is 25.3 Å². The molecule has 176 valence electrons. The third-order valence-corrected chi connectivity index (χ3v) is 3.94. The first kappa shape index (κ1) is 26.2. The van der Waals surface area contributed by atoms with E-state index in [1.807, 2.05) is 0 Å². The SMILES string of the molecule is C=CCOC(=O)NCC(O)CN(CC1(O)CN(C(=O)OC(C)(C)C)C1)C(=O)OCC=C. The summed E-state index contributed by atoms with van der Waals surface area (Å²) in [6, 6.07) is 0. The molecule has 1 rings (SSSR count). The van der Waals surface area contributed by atoms with Gasteiger partial charge in [0.05, 0.1) is 32.3 Å². The Morgan fingerprint density at radius 1 is 1.19 bits per heavy atom. The summed E-state index contributed by atoms with van der Waals surface area (Å²) in [5, 5.41) is 23.3. The Bertz CT molecular complexity index is 655. The average molecular weight is 443 g/mol. The van der Waals surface area contributed by atoms with Crippen LogP contribution in [-0.2, 0) is 14.2 Å². The normalized spacial score (nSPS) is 15.7. The maximum Gasteiger partial charge on any atom is 0.410 e. The number of aliphatic hydroxyl groups excluding tert-OH is 1. The van der Waals surface area contributed by atoms with Crippen molar-refractivity contribution in [3.63, 3.8) is 0 Å². The highest BCUT2D eigenvalue weighted by Crippen LogP contribution is 2.25. The standard InChI is InChI=1S/C20H33N3O8/c1-6-8-29-16(25)21-10-15(24)11-22(17(26)30-9-7-2)12-20(28)13-23(14-20)18(27)31-19(3,4)5/h6-7,15,24,28H,1-2,8-14H2,3-5H3,(H,21,25). The van der Waals surface area contributed by atoms with E-state index in [0.29, 0.717) is 0 Å². The van der Waals surface area contributed by atoms with E-state index in [1.165, 1.54) is 17.1 Å². The van der Waals surface area contributed by atoms with Gasteiger partial charge in [-0.25, -0.2) is 14.4 Å². The third kappa shape index (κ3) is 9.71. The minimum absolute atomic E-state index is 0.0170. The maximum atomic E-state index is 12.3. The number of β-amino-alcohol motifs (C(OH)–C–C–N with tert-alkyl or cyclic N) is 1. The summed E-state index contributed by atoms with van der Waals surface area (Å²) in [6.45, 7) is 11.3. The van der Waals surface area contributed by atoms with Gasteiger partial charge in [-0.05, 0) is 20.8 Å². The van der Waals surface area contributed by atoms with Gasteiger partial charge in [-0.1, -0.05) is 25.3 Å². The number of hydrogen-bond acceptors (Lipinski definition) is 8. The summed E-state index contributed by atoms with van der Waals surface area (Å²) >= 11 is 0. The zero-order valence-electron chi connectivity index (χ0n) is 18.3. The number of likely N-dealkylation sites (tertiary alicyclic amines) is 1. The molecule has 3 amide bonds. The molecule has 0 aromatic rings. The Kier molecular flexibility index (Phi) is 9.79. The summed E-state index contributed by atoms with van der Waals surface area (Å²) in [5.74, 6) is 0. The summed E-state index contributed by atoms with van der Waals surface area (Å²) in [7, 11) is 0. The number of ether oxygens (including phenoxy) is 3. The topological polar surface area (TPSA) is 138 Å². The Labute approximate surface area is 182 Å². The third-order valence-electron chi connectivity index (χ3n) is 3.94. The van der Waals surface area contributed by atoms with Crippen LogP contribution >= 0.6 is 0 Å². The van der Waals surface area contributed by atoms with Crippen molar-refractivity contribution in [2.75, 3.05) is 45.9 Å². The molecule has 1 saturated heterocycles. The van der Waals surface area contributed by atoms with Crippen molar-refractivity contribution >= 4 is 18.3 Å². The molecule has 3 N–H and O–H groups in total. The second-order valence-corrected chi connectivity index (χ2v) is 8.23. The Hall–Kier alpha value is -2.79. The number of aliphatic hydroxyl groups is 2. The second-order valence-electron chi connectivity index (χ2n) is 8.23. The van der Waals surface area contributed by atoms with Crippen LogP contribution in [0.25, 0.3) is 0 Å². The number of rotatable bonds is 10. The number of carbonyl (C=O) groups is 3. The minimum Gasteiger partial charge on any atom is -0.445 e.